The lowest BCUT2D eigenvalue weighted by atomic mass is 10.1. The lowest BCUT2D eigenvalue weighted by molar-refractivity contribution is -0.116. The third-order valence-electron chi connectivity index (χ3n) is 5.61. The number of carbonyl (C=O) groups is 1. The Bertz CT molecular complexity index is 793. The Morgan fingerprint density at radius 2 is 1.68 bits per heavy atom. The van der Waals surface area contributed by atoms with Crippen molar-refractivity contribution in [2.24, 2.45) is 0 Å². The molecule has 1 aliphatic rings. The maximum absolute atomic E-state index is 12.3. The van der Waals surface area contributed by atoms with Gasteiger partial charge in [0.25, 0.3) is 0 Å². The Labute approximate surface area is 168 Å². The molecule has 3 rings (SSSR count). The van der Waals surface area contributed by atoms with Crippen LogP contribution < -0.4 is 15.1 Å². The average molecular weight is 381 g/mol. The fourth-order valence-corrected chi connectivity index (χ4v) is 3.62. The van der Waals surface area contributed by atoms with E-state index in [1.54, 1.807) is 0 Å². The molecule has 0 unspecified atom stereocenters. The van der Waals surface area contributed by atoms with Gasteiger partial charge in [-0.2, -0.15) is 0 Å². The van der Waals surface area contributed by atoms with Crippen molar-refractivity contribution in [1.29, 1.82) is 0 Å². The minimum absolute atomic E-state index is 0.0783. The fraction of sp³-hybridized carbons (Fsp3) is 0.435. The van der Waals surface area contributed by atoms with E-state index < -0.39 is 0 Å². The van der Waals surface area contributed by atoms with Gasteiger partial charge in [0, 0.05) is 70.3 Å². The first-order valence-electron chi connectivity index (χ1n) is 10.0. The molecule has 1 amide bonds. The molecular formula is C23H32N4O. The summed E-state index contributed by atoms with van der Waals surface area (Å²) in [7, 11) is 4.02. The van der Waals surface area contributed by atoms with E-state index in [1.807, 2.05) is 43.3 Å². The van der Waals surface area contributed by atoms with Gasteiger partial charge in [-0.3, -0.25) is 9.69 Å². The molecule has 28 heavy (non-hydrogen) atoms. The van der Waals surface area contributed by atoms with Crippen LogP contribution in [0.25, 0.3) is 0 Å². The molecule has 0 saturated carbocycles. The summed E-state index contributed by atoms with van der Waals surface area (Å²) in [6, 6.07) is 14.5. The highest BCUT2D eigenvalue weighted by molar-refractivity contribution is 5.91. The molecule has 0 aliphatic carbocycles. The topological polar surface area (TPSA) is 38.8 Å². The number of nitrogens with zero attached hydrogens (tertiary/aromatic N) is 3. The SMILES string of the molecule is Cc1cccc(N2CCN(CCC(=O)Nc3ccc(N(C)C)cc3)CC2)c1C. The van der Waals surface area contributed by atoms with E-state index in [0.717, 1.165) is 44.1 Å². The van der Waals surface area contributed by atoms with Gasteiger partial charge in [-0.15, -0.1) is 0 Å². The second kappa shape index (κ2) is 9.11. The Morgan fingerprint density at radius 3 is 2.32 bits per heavy atom. The molecule has 150 valence electrons. The van der Waals surface area contributed by atoms with Crippen LogP contribution in [0.4, 0.5) is 17.1 Å². The van der Waals surface area contributed by atoms with E-state index in [-0.39, 0.29) is 5.91 Å². The van der Waals surface area contributed by atoms with Crippen LogP contribution >= 0.6 is 0 Å². The van der Waals surface area contributed by atoms with Crippen LogP contribution in [0.2, 0.25) is 0 Å². The van der Waals surface area contributed by atoms with Crippen molar-refractivity contribution in [1.82, 2.24) is 4.90 Å². The maximum Gasteiger partial charge on any atom is 0.225 e. The van der Waals surface area contributed by atoms with Crippen LogP contribution in [0.15, 0.2) is 42.5 Å². The summed E-state index contributed by atoms with van der Waals surface area (Å²) in [5.74, 6) is 0.0783. The van der Waals surface area contributed by atoms with E-state index in [9.17, 15) is 4.79 Å². The Hall–Kier alpha value is -2.53. The lowest BCUT2D eigenvalue weighted by Gasteiger charge is -2.37. The fourth-order valence-electron chi connectivity index (χ4n) is 3.62. The summed E-state index contributed by atoms with van der Waals surface area (Å²) in [6.07, 6.45) is 0.527. The molecule has 1 fully saturated rings. The smallest absolute Gasteiger partial charge is 0.225 e. The van der Waals surface area contributed by atoms with Crippen molar-refractivity contribution in [3.8, 4) is 0 Å². The monoisotopic (exact) mass is 380 g/mol. The molecule has 0 spiro atoms. The third-order valence-corrected chi connectivity index (χ3v) is 5.61. The van der Waals surface area contributed by atoms with E-state index >= 15 is 0 Å². The molecule has 2 aromatic carbocycles. The largest absolute Gasteiger partial charge is 0.378 e. The van der Waals surface area contributed by atoms with Gasteiger partial charge in [-0.05, 0) is 55.3 Å². The normalized spacial score (nSPS) is 14.8. The second-order valence-corrected chi connectivity index (χ2v) is 7.79. The van der Waals surface area contributed by atoms with Crippen molar-refractivity contribution in [3.63, 3.8) is 0 Å². The van der Waals surface area contributed by atoms with Crippen molar-refractivity contribution in [2.75, 3.05) is 61.9 Å². The van der Waals surface area contributed by atoms with Gasteiger partial charge in [0.05, 0.1) is 0 Å². The van der Waals surface area contributed by atoms with Crippen molar-refractivity contribution in [2.45, 2.75) is 20.3 Å². The van der Waals surface area contributed by atoms with Gasteiger partial charge < -0.3 is 15.1 Å². The first kappa shape index (κ1) is 20.2. The molecule has 0 atom stereocenters. The number of rotatable bonds is 6. The quantitative estimate of drug-likeness (QED) is 0.832. The van der Waals surface area contributed by atoms with Gasteiger partial charge >= 0.3 is 0 Å². The molecule has 5 heteroatoms. The zero-order chi connectivity index (χ0) is 20.1. The molecule has 0 aromatic heterocycles. The predicted molar refractivity (Wildman–Crippen MR) is 119 cm³/mol. The van der Waals surface area contributed by atoms with Gasteiger partial charge in [-0.1, -0.05) is 12.1 Å². The van der Waals surface area contributed by atoms with Gasteiger partial charge in [-0.25, -0.2) is 0 Å². The standard InChI is InChI=1S/C23H32N4O/c1-18-6-5-7-22(19(18)2)27-16-14-26(15-17-27)13-12-23(28)24-20-8-10-21(11-9-20)25(3)4/h5-11H,12-17H2,1-4H3,(H,24,28). The van der Waals surface area contributed by atoms with Gasteiger partial charge in [0.1, 0.15) is 0 Å². The third kappa shape index (κ3) is 5.04. The second-order valence-electron chi connectivity index (χ2n) is 7.79. The maximum atomic E-state index is 12.3. The number of anilines is 3. The Morgan fingerprint density at radius 1 is 1.00 bits per heavy atom. The average Bonchev–Trinajstić information content (AvgIpc) is 2.69. The van der Waals surface area contributed by atoms with Crippen LogP contribution in [0, 0.1) is 13.8 Å². The van der Waals surface area contributed by atoms with Crippen molar-refractivity contribution < 1.29 is 4.79 Å². The van der Waals surface area contributed by atoms with Crippen LogP contribution in [0.1, 0.15) is 17.5 Å². The summed E-state index contributed by atoms with van der Waals surface area (Å²) in [6.45, 7) is 9.20. The van der Waals surface area contributed by atoms with Crippen LogP contribution in [0.5, 0.6) is 0 Å². The zero-order valence-corrected chi connectivity index (χ0v) is 17.5. The summed E-state index contributed by atoms with van der Waals surface area (Å²) < 4.78 is 0. The number of nitrogens with one attached hydrogen (secondary N) is 1. The zero-order valence-electron chi connectivity index (χ0n) is 17.5. The van der Waals surface area contributed by atoms with Crippen molar-refractivity contribution in [3.05, 3.63) is 53.6 Å². The summed E-state index contributed by atoms with van der Waals surface area (Å²) in [4.78, 5) is 19.2. The minimum Gasteiger partial charge on any atom is -0.378 e. The molecule has 0 bridgehead atoms. The molecule has 0 radical (unpaired) electrons. The number of hydrogen-bond donors (Lipinski definition) is 1. The number of hydrogen-bond acceptors (Lipinski definition) is 4. The summed E-state index contributed by atoms with van der Waals surface area (Å²) in [5.41, 5.74) is 6.04. The highest BCUT2D eigenvalue weighted by Gasteiger charge is 2.19. The van der Waals surface area contributed by atoms with E-state index in [2.05, 4.69) is 47.2 Å². The van der Waals surface area contributed by atoms with E-state index in [1.165, 1.54) is 16.8 Å². The molecular weight excluding hydrogens is 348 g/mol. The Kier molecular flexibility index (Phi) is 6.57. The lowest BCUT2D eigenvalue weighted by Crippen LogP contribution is -2.47. The van der Waals surface area contributed by atoms with Crippen molar-refractivity contribution >= 4 is 23.0 Å². The summed E-state index contributed by atoms with van der Waals surface area (Å²) >= 11 is 0. The molecule has 1 saturated heterocycles. The predicted octanol–water partition coefficient (Wildman–Crippen LogP) is 3.52. The number of carbonyl (C=O) groups excluding carboxylic acids is 1. The number of aryl methyl sites for hydroxylation is 1. The molecule has 1 aliphatic heterocycles. The van der Waals surface area contributed by atoms with Gasteiger partial charge in [0.15, 0.2) is 0 Å². The van der Waals surface area contributed by atoms with Crippen LogP contribution in [0.3, 0.4) is 0 Å². The first-order chi connectivity index (χ1) is 13.4. The minimum atomic E-state index is 0.0783. The van der Waals surface area contributed by atoms with Crippen LogP contribution in [-0.4, -0.2) is 57.6 Å². The van der Waals surface area contributed by atoms with E-state index in [4.69, 9.17) is 0 Å². The highest BCUT2D eigenvalue weighted by atomic mass is 16.1. The molecule has 1 N–H and O–H groups in total. The number of amides is 1. The molecule has 2 aromatic rings. The van der Waals surface area contributed by atoms with Gasteiger partial charge in [0.2, 0.25) is 5.91 Å². The first-order valence-corrected chi connectivity index (χ1v) is 10.0. The molecule has 5 nitrogen and oxygen atoms in total. The number of benzene rings is 2. The summed E-state index contributed by atoms with van der Waals surface area (Å²) in [5, 5.41) is 3.00. The Balaban J connectivity index is 1.43. The van der Waals surface area contributed by atoms with Crippen LogP contribution in [-0.2, 0) is 4.79 Å². The molecule has 1 heterocycles. The van der Waals surface area contributed by atoms with E-state index in [0.29, 0.717) is 6.42 Å². The highest BCUT2D eigenvalue weighted by Crippen LogP contribution is 2.24. The number of piperazine rings is 1.